The van der Waals surface area contributed by atoms with Gasteiger partial charge in [0.15, 0.2) is 0 Å². The molecule has 1 aromatic carbocycles. The number of anilines is 2. The zero-order valence-electron chi connectivity index (χ0n) is 21.4. The third kappa shape index (κ3) is 8.82. The molecule has 2 fully saturated rings. The number of carbonyl (C=O) groups excluding carboxylic acids is 1. The molecular formula is C25H32F3N5O5S. The van der Waals surface area contributed by atoms with E-state index in [4.69, 9.17) is 9.90 Å². The Morgan fingerprint density at radius 2 is 1.67 bits per heavy atom. The van der Waals surface area contributed by atoms with Gasteiger partial charge >= 0.3 is 12.1 Å². The molecule has 0 atom stereocenters. The minimum Gasteiger partial charge on any atom is -0.475 e. The summed E-state index contributed by atoms with van der Waals surface area (Å²) in [5.74, 6) is -2.36. The Bertz CT molecular complexity index is 1240. The number of amides is 1. The lowest BCUT2D eigenvalue weighted by atomic mass is 9.95. The van der Waals surface area contributed by atoms with Crippen molar-refractivity contribution >= 4 is 33.4 Å². The first-order chi connectivity index (χ1) is 18.4. The van der Waals surface area contributed by atoms with E-state index in [0.29, 0.717) is 11.4 Å². The number of nitrogens with zero attached hydrogens (tertiary/aromatic N) is 2. The number of rotatable bonds is 6. The number of aryl methyl sites for hydroxylation is 1. The molecular weight excluding hydrogens is 539 g/mol. The maximum Gasteiger partial charge on any atom is 0.490 e. The largest absolute Gasteiger partial charge is 0.490 e. The number of carboxylic acid groups (broad SMARTS) is 1. The number of carboxylic acids is 1. The molecule has 0 unspecified atom stereocenters. The first-order valence-electron chi connectivity index (χ1n) is 12.5. The van der Waals surface area contributed by atoms with Crippen LogP contribution in [0.4, 0.5) is 24.7 Å². The Morgan fingerprint density at radius 1 is 1.08 bits per heavy atom. The molecule has 0 bridgehead atoms. The first-order valence-corrected chi connectivity index (χ1v) is 14.0. The number of nitrogens with one attached hydrogen (secondary N) is 3. The van der Waals surface area contributed by atoms with Crippen LogP contribution in [-0.2, 0) is 14.8 Å². The summed E-state index contributed by atoms with van der Waals surface area (Å²) in [5, 5.41) is 13.6. The Morgan fingerprint density at radius 3 is 2.23 bits per heavy atom. The maximum atomic E-state index is 13.2. The smallest absolute Gasteiger partial charge is 0.475 e. The third-order valence-electron chi connectivity index (χ3n) is 6.29. The highest BCUT2D eigenvalue weighted by atomic mass is 32.2. The highest BCUT2D eigenvalue weighted by Gasteiger charge is 2.38. The molecule has 1 amide bonds. The van der Waals surface area contributed by atoms with E-state index in [-0.39, 0.29) is 22.5 Å². The molecule has 1 aliphatic carbocycles. The molecule has 2 aliphatic rings. The van der Waals surface area contributed by atoms with Crippen LogP contribution in [0.15, 0.2) is 41.4 Å². The summed E-state index contributed by atoms with van der Waals surface area (Å²) < 4.78 is 60.0. The molecule has 10 nitrogen and oxygen atoms in total. The average Bonchev–Trinajstić information content (AvgIpc) is 2.89. The molecule has 14 heteroatoms. The predicted octanol–water partition coefficient (Wildman–Crippen LogP) is 3.30. The number of alkyl halides is 3. The van der Waals surface area contributed by atoms with Gasteiger partial charge in [-0.25, -0.2) is 18.2 Å². The normalized spacial score (nSPS) is 16.6. The SMILES string of the molecule is Cc1ccc(S(=O)(=O)Nc2cnc(N3CCNCC3)c(C(=O)NC3CCCCC3)c2)cc1.O=C(O)C(F)(F)F. The summed E-state index contributed by atoms with van der Waals surface area (Å²) in [6, 6.07) is 8.40. The van der Waals surface area contributed by atoms with E-state index in [1.165, 1.54) is 12.6 Å². The topological polar surface area (TPSA) is 141 Å². The van der Waals surface area contributed by atoms with E-state index in [1.807, 2.05) is 6.92 Å². The molecule has 1 aliphatic heterocycles. The summed E-state index contributed by atoms with van der Waals surface area (Å²) >= 11 is 0. The van der Waals surface area contributed by atoms with E-state index >= 15 is 0 Å². The lowest BCUT2D eigenvalue weighted by Gasteiger charge is -2.30. The van der Waals surface area contributed by atoms with E-state index in [1.54, 1.807) is 30.3 Å². The van der Waals surface area contributed by atoms with Gasteiger partial charge in [0.05, 0.1) is 22.3 Å². The van der Waals surface area contributed by atoms with E-state index in [9.17, 15) is 26.4 Å². The zero-order chi connectivity index (χ0) is 28.6. The van der Waals surface area contributed by atoms with Crippen LogP contribution in [0, 0.1) is 6.92 Å². The Kier molecular flexibility index (Phi) is 10.1. The van der Waals surface area contributed by atoms with Gasteiger partial charge in [0, 0.05) is 32.2 Å². The van der Waals surface area contributed by atoms with Crippen LogP contribution >= 0.6 is 0 Å². The quantitative estimate of drug-likeness (QED) is 0.414. The molecule has 1 aromatic heterocycles. The second-order valence-electron chi connectivity index (χ2n) is 9.36. The molecule has 2 heterocycles. The highest BCUT2D eigenvalue weighted by molar-refractivity contribution is 7.92. The van der Waals surface area contributed by atoms with Crippen LogP contribution in [0.3, 0.4) is 0 Å². The van der Waals surface area contributed by atoms with Crippen molar-refractivity contribution in [2.45, 2.75) is 56.1 Å². The van der Waals surface area contributed by atoms with Crippen LogP contribution < -0.4 is 20.3 Å². The molecule has 214 valence electrons. The number of pyridine rings is 1. The summed E-state index contributed by atoms with van der Waals surface area (Å²) in [6.45, 7) is 5.01. The van der Waals surface area contributed by atoms with Gasteiger partial charge in [-0.05, 0) is 38.0 Å². The first kappa shape index (κ1) is 30.2. The van der Waals surface area contributed by atoms with Crippen molar-refractivity contribution in [2.75, 3.05) is 35.8 Å². The molecule has 39 heavy (non-hydrogen) atoms. The Hall–Kier alpha value is -3.39. The maximum absolute atomic E-state index is 13.2. The predicted molar refractivity (Wildman–Crippen MR) is 139 cm³/mol. The van der Waals surface area contributed by atoms with Crippen molar-refractivity contribution in [1.82, 2.24) is 15.6 Å². The van der Waals surface area contributed by atoms with Crippen LogP contribution in [-0.4, -0.2) is 68.8 Å². The molecule has 0 spiro atoms. The van der Waals surface area contributed by atoms with Gasteiger partial charge in [-0.3, -0.25) is 9.52 Å². The lowest BCUT2D eigenvalue weighted by molar-refractivity contribution is -0.192. The lowest BCUT2D eigenvalue weighted by Crippen LogP contribution is -2.45. The van der Waals surface area contributed by atoms with Crippen molar-refractivity contribution in [2.24, 2.45) is 0 Å². The number of aliphatic carboxylic acids is 1. The summed E-state index contributed by atoms with van der Waals surface area (Å²) in [6.07, 6.45) is 1.79. The van der Waals surface area contributed by atoms with Crippen LogP contribution in [0.5, 0.6) is 0 Å². The van der Waals surface area contributed by atoms with E-state index < -0.39 is 22.2 Å². The summed E-state index contributed by atoms with van der Waals surface area (Å²) in [4.78, 5) is 28.9. The number of piperazine rings is 1. The minimum atomic E-state index is -5.08. The molecule has 0 radical (unpaired) electrons. The number of sulfonamides is 1. The fourth-order valence-electron chi connectivity index (χ4n) is 4.25. The van der Waals surface area contributed by atoms with Gasteiger partial charge in [-0.15, -0.1) is 0 Å². The van der Waals surface area contributed by atoms with Gasteiger partial charge < -0.3 is 20.6 Å². The number of hydrogen-bond acceptors (Lipinski definition) is 7. The van der Waals surface area contributed by atoms with Crippen molar-refractivity contribution < 1.29 is 36.3 Å². The Balaban J connectivity index is 0.000000532. The van der Waals surface area contributed by atoms with Gasteiger partial charge in [0.1, 0.15) is 5.82 Å². The minimum absolute atomic E-state index is 0.153. The molecule has 2 aromatic rings. The number of carbonyl (C=O) groups is 2. The highest BCUT2D eigenvalue weighted by Crippen LogP contribution is 2.25. The third-order valence-corrected chi connectivity index (χ3v) is 7.69. The second kappa shape index (κ2) is 13.1. The fourth-order valence-corrected chi connectivity index (χ4v) is 5.28. The van der Waals surface area contributed by atoms with Gasteiger partial charge in [0.25, 0.3) is 15.9 Å². The number of hydrogen-bond donors (Lipinski definition) is 4. The van der Waals surface area contributed by atoms with Gasteiger partial charge in [-0.2, -0.15) is 13.2 Å². The zero-order valence-corrected chi connectivity index (χ0v) is 22.2. The van der Waals surface area contributed by atoms with Crippen molar-refractivity contribution in [1.29, 1.82) is 0 Å². The molecule has 1 saturated heterocycles. The molecule has 1 saturated carbocycles. The standard InChI is InChI=1S/C23H31N5O3S.C2HF3O2/c1-17-7-9-20(10-8-17)32(30,31)27-19-15-21(23(29)26-18-5-3-2-4-6-18)22(25-16-19)28-13-11-24-12-14-28;3-2(4,5)1(6)7/h7-10,15-16,18,24,27H,2-6,11-14H2,1H3,(H,26,29);(H,6,7). The molecule has 4 rings (SSSR count). The van der Waals surface area contributed by atoms with Crippen molar-refractivity contribution in [3.05, 3.63) is 47.7 Å². The van der Waals surface area contributed by atoms with Crippen LogP contribution in [0.2, 0.25) is 0 Å². The fraction of sp³-hybridized carbons (Fsp3) is 0.480. The van der Waals surface area contributed by atoms with E-state index in [2.05, 4.69) is 25.2 Å². The van der Waals surface area contributed by atoms with Gasteiger partial charge in [0.2, 0.25) is 0 Å². The Labute approximate surface area is 225 Å². The van der Waals surface area contributed by atoms with Crippen LogP contribution in [0.1, 0.15) is 48.0 Å². The monoisotopic (exact) mass is 571 g/mol. The van der Waals surface area contributed by atoms with Crippen molar-refractivity contribution in [3.63, 3.8) is 0 Å². The summed E-state index contributed by atoms with van der Waals surface area (Å²) in [5.41, 5.74) is 1.66. The number of benzene rings is 1. The van der Waals surface area contributed by atoms with Gasteiger partial charge in [-0.1, -0.05) is 37.0 Å². The average molecular weight is 572 g/mol. The van der Waals surface area contributed by atoms with Crippen molar-refractivity contribution in [3.8, 4) is 0 Å². The van der Waals surface area contributed by atoms with Crippen LogP contribution in [0.25, 0.3) is 0 Å². The second-order valence-corrected chi connectivity index (χ2v) is 11.0. The number of aromatic nitrogens is 1. The van der Waals surface area contributed by atoms with E-state index in [0.717, 1.165) is 57.4 Å². The molecule has 4 N–H and O–H groups in total. The number of halogens is 3. The summed E-state index contributed by atoms with van der Waals surface area (Å²) in [7, 11) is -3.78.